The van der Waals surface area contributed by atoms with E-state index < -0.39 is 12.1 Å². The minimum absolute atomic E-state index is 0.121. The number of nitrogens with zero attached hydrogens (tertiary/aromatic N) is 1. The molecule has 23 heavy (non-hydrogen) atoms. The van der Waals surface area contributed by atoms with E-state index in [0.29, 0.717) is 17.0 Å². The molecule has 0 spiro atoms. The van der Waals surface area contributed by atoms with E-state index in [2.05, 4.69) is 0 Å². The maximum absolute atomic E-state index is 12.8. The number of hydrogen-bond acceptors (Lipinski definition) is 4. The Kier molecular flexibility index (Phi) is 4.02. The topological polar surface area (TPSA) is 55.8 Å². The molecular formula is C18H17NO4. The molecule has 1 unspecified atom stereocenters. The van der Waals surface area contributed by atoms with Crippen LogP contribution in [0, 0.1) is 6.92 Å². The third kappa shape index (κ3) is 2.90. The number of rotatable bonds is 2. The number of carbonyl (C=O) groups is 2. The number of benzene rings is 2. The van der Waals surface area contributed by atoms with Crippen LogP contribution in [0.1, 0.15) is 15.9 Å². The molecule has 0 N–H and O–H groups in total. The van der Waals surface area contributed by atoms with Crippen molar-refractivity contribution in [2.75, 3.05) is 18.6 Å². The van der Waals surface area contributed by atoms with Crippen molar-refractivity contribution in [1.82, 2.24) is 0 Å². The van der Waals surface area contributed by atoms with Crippen LogP contribution >= 0.6 is 0 Å². The molecule has 2 aromatic carbocycles. The van der Waals surface area contributed by atoms with Gasteiger partial charge < -0.3 is 14.4 Å². The van der Waals surface area contributed by atoms with Gasteiger partial charge >= 0.3 is 5.97 Å². The average molecular weight is 311 g/mol. The van der Waals surface area contributed by atoms with Crippen LogP contribution in [0.4, 0.5) is 5.69 Å². The molecule has 1 amide bonds. The summed E-state index contributed by atoms with van der Waals surface area (Å²) in [5.41, 5.74) is 2.30. The summed E-state index contributed by atoms with van der Waals surface area (Å²) in [6.07, 6.45) is -0.829. The molecule has 1 heterocycles. The first-order chi connectivity index (χ1) is 11.1. The highest BCUT2D eigenvalue weighted by Gasteiger charge is 2.34. The average Bonchev–Trinajstić information content (AvgIpc) is 2.60. The van der Waals surface area contributed by atoms with Gasteiger partial charge in [0.05, 0.1) is 19.3 Å². The van der Waals surface area contributed by atoms with Crippen molar-refractivity contribution in [3.8, 4) is 5.75 Å². The van der Waals surface area contributed by atoms with Gasteiger partial charge in [-0.1, -0.05) is 29.8 Å². The lowest BCUT2D eigenvalue weighted by Gasteiger charge is -2.33. The van der Waals surface area contributed by atoms with Crippen LogP contribution < -0.4 is 9.64 Å². The fourth-order valence-electron chi connectivity index (χ4n) is 2.53. The third-order valence-corrected chi connectivity index (χ3v) is 3.78. The summed E-state index contributed by atoms with van der Waals surface area (Å²) in [6, 6.07) is 14.5. The van der Waals surface area contributed by atoms with E-state index in [1.165, 1.54) is 7.11 Å². The van der Waals surface area contributed by atoms with Gasteiger partial charge in [0.15, 0.2) is 0 Å². The molecule has 1 aliphatic rings. The molecule has 5 nitrogen and oxygen atoms in total. The first-order valence-electron chi connectivity index (χ1n) is 7.32. The van der Waals surface area contributed by atoms with Crippen molar-refractivity contribution in [3.05, 3.63) is 59.7 Å². The van der Waals surface area contributed by atoms with Crippen LogP contribution in [0.3, 0.4) is 0 Å². The number of para-hydroxylation sites is 2. The Labute approximate surface area is 134 Å². The summed E-state index contributed by atoms with van der Waals surface area (Å²) in [5.74, 6) is -0.175. The van der Waals surface area contributed by atoms with Gasteiger partial charge in [-0.3, -0.25) is 4.79 Å². The van der Waals surface area contributed by atoms with Crippen molar-refractivity contribution < 1.29 is 19.1 Å². The number of amides is 1. The van der Waals surface area contributed by atoms with Gasteiger partial charge in [0.2, 0.25) is 6.10 Å². The number of aryl methyl sites for hydroxylation is 1. The molecular weight excluding hydrogens is 294 g/mol. The maximum Gasteiger partial charge on any atom is 0.348 e. The first kappa shape index (κ1) is 15.1. The predicted octanol–water partition coefficient (Wildman–Crippen LogP) is 2.58. The van der Waals surface area contributed by atoms with Crippen LogP contribution in [0.2, 0.25) is 0 Å². The van der Waals surface area contributed by atoms with Crippen LogP contribution in [0.5, 0.6) is 5.75 Å². The molecule has 5 heteroatoms. The maximum atomic E-state index is 12.8. The largest absolute Gasteiger partial charge is 0.475 e. The standard InChI is InChI=1S/C18H17NO4/c1-12-7-9-13(10-8-12)17(20)19-11-16(18(21)22-2)23-15-6-4-3-5-14(15)19/h3-10,16H,11H2,1-2H3. The van der Waals surface area contributed by atoms with Crippen LogP contribution in [-0.4, -0.2) is 31.6 Å². The number of hydrogen-bond donors (Lipinski definition) is 0. The van der Waals surface area contributed by atoms with E-state index in [-0.39, 0.29) is 12.5 Å². The second-order valence-electron chi connectivity index (χ2n) is 5.38. The Bertz CT molecular complexity index is 739. The van der Waals surface area contributed by atoms with Gasteiger partial charge in [-0.05, 0) is 31.2 Å². The minimum Gasteiger partial charge on any atom is -0.475 e. The molecule has 3 rings (SSSR count). The van der Waals surface area contributed by atoms with Gasteiger partial charge in [0, 0.05) is 5.56 Å². The van der Waals surface area contributed by atoms with Gasteiger partial charge in [0.1, 0.15) is 5.75 Å². The number of carbonyl (C=O) groups excluding carboxylic acids is 2. The summed E-state index contributed by atoms with van der Waals surface area (Å²) >= 11 is 0. The Morgan fingerprint density at radius 2 is 1.83 bits per heavy atom. The van der Waals surface area contributed by atoms with Gasteiger partial charge in [-0.25, -0.2) is 4.79 Å². The van der Waals surface area contributed by atoms with E-state index >= 15 is 0 Å². The zero-order chi connectivity index (χ0) is 16.4. The van der Waals surface area contributed by atoms with Gasteiger partial charge in [-0.15, -0.1) is 0 Å². The minimum atomic E-state index is -0.829. The van der Waals surface area contributed by atoms with E-state index in [0.717, 1.165) is 5.56 Å². The molecule has 0 fully saturated rings. The first-order valence-corrected chi connectivity index (χ1v) is 7.32. The number of ether oxygens (including phenoxy) is 2. The summed E-state index contributed by atoms with van der Waals surface area (Å²) in [6.45, 7) is 2.09. The summed E-state index contributed by atoms with van der Waals surface area (Å²) < 4.78 is 10.4. The van der Waals surface area contributed by atoms with Crippen LogP contribution in [0.25, 0.3) is 0 Å². The smallest absolute Gasteiger partial charge is 0.348 e. The predicted molar refractivity (Wildman–Crippen MR) is 85.7 cm³/mol. The molecule has 118 valence electrons. The van der Waals surface area contributed by atoms with Crippen LogP contribution in [0.15, 0.2) is 48.5 Å². The highest BCUT2D eigenvalue weighted by atomic mass is 16.6. The molecule has 2 aromatic rings. The Morgan fingerprint density at radius 1 is 1.13 bits per heavy atom. The Hall–Kier alpha value is -2.82. The van der Waals surface area contributed by atoms with Gasteiger partial charge in [-0.2, -0.15) is 0 Å². The Balaban J connectivity index is 1.97. The van der Waals surface area contributed by atoms with Crippen molar-refractivity contribution in [1.29, 1.82) is 0 Å². The van der Waals surface area contributed by atoms with E-state index in [1.54, 1.807) is 35.2 Å². The lowest BCUT2D eigenvalue weighted by molar-refractivity contribution is -0.148. The quantitative estimate of drug-likeness (QED) is 0.800. The highest BCUT2D eigenvalue weighted by Crippen LogP contribution is 2.34. The van der Waals surface area contributed by atoms with E-state index in [1.807, 2.05) is 25.1 Å². The van der Waals surface area contributed by atoms with E-state index in [4.69, 9.17) is 9.47 Å². The fraction of sp³-hybridized carbons (Fsp3) is 0.222. The molecule has 0 aromatic heterocycles. The lowest BCUT2D eigenvalue weighted by Crippen LogP contribution is -2.47. The summed E-state index contributed by atoms with van der Waals surface area (Å²) in [5, 5.41) is 0. The van der Waals surface area contributed by atoms with Gasteiger partial charge in [0.25, 0.3) is 5.91 Å². The number of fused-ring (bicyclic) bond motifs is 1. The third-order valence-electron chi connectivity index (χ3n) is 3.78. The molecule has 0 aliphatic carbocycles. The zero-order valence-corrected chi connectivity index (χ0v) is 13.0. The second kappa shape index (κ2) is 6.12. The van der Waals surface area contributed by atoms with E-state index in [9.17, 15) is 9.59 Å². The number of esters is 1. The molecule has 1 aliphatic heterocycles. The molecule has 0 saturated heterocycles. The van der Waals surface area contributed by atoms with Crippen molar-refractivity contribution in [2.45, 2.75) is 13.0 Å². The van der Waals surface area contributed by atoms with Crippen molar-refractivity contribution >= 4 is 17.6 Å². The summed E-state index contributed by atoms with van der Waals surface area (Å²) in [7, 11) is 1.30. The Morgan fingerprint density at radius 3 is 2.52 bits per heavy atom. The molecule has 1 atom stereocenters. The SMILES string of the molecule is COC(=O)C1CN(C(=O)c2ccc(C)cc2)c2ccccc2O1. The molecule has 0 radical (unpaired) electrons. The number of anilines is 1. The van der Waals surface area contributed by atoms with Crippen molar-refractivity contribution in [3.63, 3.8) is 0 Å². The van der Waals surface area contributed by atoms with Crippen LogP contribution in [-0.2, 0) is 9.53 Å². The number of methoxy groups -OCH3 is 1. The molecule has 0 bridgehead atoms. The second-order valence-corrected chi connectivity index (χ2v) is 5.38. The normalized spacial score (nSPS) is 16.3. The zero-order valence-electron chi connectivity index (χ0n) is 13.0. The highest BCUT2D eigenvalue weighted by molar-refractivity contribution is 6.07. The van der Waals surface area contributed by atoms with Crippen molar-refractivity contribution in [2.24, 2.45) is 0 Å². The monoisotopic (exact) mass is 311 g/mol. The molecule has 0 saturated carbocycles. The summed E-state index contributed by atoms with van der Waals surface area (Å²) in [4.78, 5) is 26.2. The fourth-order valence-corrected chi connectivity index (χ4v) is 2.53. The lowest BCUT2D eigenvalue weighted by atomic mass is 10.1.